The summed E-state index contributed by atoms with van der Waals surface area (Å²) in [6, 6.07) is 13.9. The van der Waals surface area contributed by atoms with Gasteiger partial charge in [-0.1, -0.05) is 43.7 Å². The number of hydrogen-bond acceptors (Lipinski definition) is 3. The monoisotopic (exact) mass is 326 g/mol. The largest absolute Gasteiger partial charge is 0.493 e. The van der Waals surface area contributed by atoms with E-state index < -0.39 is 9.05 Å². The van der Waals surface area contributed by atoms with Crippen molar-refractivity contribution in [2.24, 2.45) is 5.92 Å². The van der Waals surface area contributed by atoms with Gasteiger partial charge < -0.3 is 4.74 Å². The van der Waals surface area contributed by atoms with Crippen molar-refractivity contribution in [3.8, 4) is 5.75 Å². The minimum Gasteiger partial charge on any atom is -0.493 e. The molecule has 0 saturated carbocycles. The van der Waals surface area contributed by atoms with Gasteiger partial charge in [0.1, 0.15) is 5.75 Å². The minimum absolute atomic E-state index is 0.0457. The first-order valence-corrected chi connectivity index (χ1v) is 9.49. The summed E-state index contributed by atoms with van der Waals surface area (Å²) in [7, 11) is 1.85. The van der Waals surface area contributed by atoms with Crippen LogP contribution in [0.3, 0.4) is 0 Å². The summed E-state index contributed by atoms with van der Waals surface area (Å²) in [5, 5.41) is 2.25. The van der Waals surface area contributed by atoms with E-state index in [9.17, 15) is 8.42 Å². The Kier molecular flexibility index (Phi) is 5.48. The minimum atomic E-state index is -3.49. The third kappa shape index (κ3) is 5.21. The molecular weight excluding hydrogens is 308 g/mol. The molecule has 0 spiro atoms. The normalized spacial score (nSPS) is 13.2. The quantitative estimate of drug-likeness (QED) is 0.716. The van der Waals surface area contributed by atoms with Gasteiger partial charge in [0.25, 0.3) is 0 Å². The number of halogens is 1. The zero-order chi connectivity index (χ0) is 15.3. The fourth-order valence-electron chi connectivity index (χ4n) is 2.38. The molecule has 1 atom stereocenters. The Morgan fingerprint density at radius 2 is 1.86 bits per heavy atom. The van der Waals surface area contributed by atoms with Gasteiger partial charge in [-0.3, -0.25) is 0 Å². The van der Waals surface area contributed by atoms with Gasteiger partial charge in [-0.15, -0.1) is 0 Å². The van der Waals surface area contributed by atoms with Gasteiger partial charge in [0, 0.05) is 16.6 Å². The average Bonchev–Trinajstić information content (AvgIpc) is 2.43. The van der Waals surface area contributed by atoms with Crippen molar-refractivity contribution in [3.05, 3.63) is 42.5 Å². The number of benzene rings is 2. The van der Waals surface area contributed by atoms with Crippen LogP contribution in [0.4, 0.5) is 0 Å². The molecule has 3 nitrogen and oxygen atoms in total. The van der Waals surface area contributed by atoms with E-state index in [1.54, 1.807) is 0 Å². The van der Waals surface area contributed by atoms with Crippen LogP contribution in [-0.4, -0.2) is 20.8 Å². The third-order valence-corrected chi connectivity index (χ3v) is 4.59. The molecule has 0 heterocycles. The Hall–Kier alpha value is -1.26. The highest BCUT2D eigenvalue weighted by Crippen LogP contribution is 2.22. The number of hydrogen-bond donors (Lipinski definition) is 0. The van der Waals surface area contributed by atoms with Crippen LogP contribution in [0.5, 0.6) is 5.75 Å². The van der Waals surface area contributed by atoms with Gasteiger partial charge in [0.15, 0.2) is 0 Å². The SMILES string of the molecule is CCCC(COc1ccc2ccccc2c1)CS(=O)(=O)Cl. The maximum atomic E-state index is 11.2. The van der Waals surface area contributed by atoms with Crippen molar-refractivity contribution in [1.82, 2.24) is 0 Å². The summed E-state index contributed by atoms with van der Waals surface area (Å²) >= 11 is 0. The summed E-state index contributed by atoms with van der Waals surface area (Å²) in [6.07, 6.45) is 1.68. The maximum absolute atomic E-state index is 11.2. The first-order chi connectivity index (χ1) is 9.98. The predicted molar refractivity (Wildman–Crippen MR) is 87.5 cm³/mol. The van der Waals surface area contributed by atoms with Gasteiger partial charge in [0.05, 0.1) is 12.4 Å². The first kappa shape index (κ1) is 16.1. The van der Waals surface area contributed by atoms with E-state index in [0.29, 0.717) is 6.61 Å². The van der Waals surface area contributed by atoms with E-state index >= 15 is 0 Å². The molecule has 0 fully saturated rings. The second-order valence-corrected chi connectivity index (χ2v) is 8.00. The van der Waals surface area contributed by atoms with Gasteiger partial charge in [-0.2, -0.15) is 0 Å². The Morgan fingerprint density at radius 3 is 2.52 bits per heavy atom. The lowest BCUT2D eigenvalue weighted by atomic mass is 10.1. The van der Waals surface area contributed by atoms with Crippen LogP contribution in [0.25, 0.3) is 10.8 Å². The molecule has 0 bridgehead atoms. The second kappa shape index (κ2) is 7.14. The summed E-state index contributed by atoms with van der Waals surface area (Å²) in [6.45, 7) is 2.38. The summed E-state index contributed by atoms with van der Waals surface area (Å²) in [5.74, 6) is 0.626. The fraction of sp³-hybridized carbons (Fsp3) is 0.375. The molecule has 0 aliphatic rings. The highest BCUT2D eigenvalue weighted by Gasteiger charge is 2.17. The molecule has 0 saturated heterocycles. The molecule has 0 N–H and O–H groups in total. The molecule has 2 aromatic rings. The zero-order valence-corrected chi connectivity index (χ0v) is 13.5. The molecule has 0 aliphatic heterocycles. The van der Waals surface area contributed by atoms with Crippen molar-refractivity contribution < 1.29 is 13.2 Å². The van der Waals surface area contributed by atoms with Crippen molar-refractivity contribution in [2.45, 2.75) is 19.8 Å². The lowest BCUT2D eigenvalue weighted by Gasteiger charge is -2.15. The average molecular weight is 327 g/mol. The molecule has 2 rings (SSSR count). The molecule has 2 aromatic carbocycles. The Labute approximate surface area is 130 Å². The van der Waals surface area contributed by atoms with Crippen LogP contribution in [0.1, 0.15) is 19.8 Å². The van der Waals surface area contributed by atoms with Crippen molar-refractivity contribution >= 4 is 30.5 Å². The van der Waals surface area contributed by atoms with Crippen molar-refractivity contribution in [1.29, 1.82) is 0 Å². The molecule has 0 aliphatic carbocycles. The Morgan fingerprint density at radius 1 is 1.14 bits per heavy atom. The van der Waals surface area contributed by atoms with E-state index in [0.717, 1.165) is 29.4 Å². The standard InChI is InChI=1S/C16H19ClO3S/c1-2-5-13(12-21(17,18)19)11-20-16-9-8-14-6-3-4-7-15(14)10-16/h3-4,6-10,13H,2,5,11-12H2,1H3. The smallest absolute Gasteiger partial charge is 0.232 e. The number of rotatable bonds is 7. The van der Waals surface area contributed by atoms with Crippen LogP contribution in [0.15, 0.2) is 42.5 Å². The molecule has 5 heteroatoms. The lowest BCUT2D eigenvalue weighted by Crippen LogP contribution is -2.19. The lowest BCUT2D eigenvalue weighted by molar-refractivity contribution is 0.253. The van der Waals surface area contributed by atoms with Crippen LogP contribution < -0.4 is 4.74 Å². The summed E-state index contributed by atoms with van der Waals surface area (Å²) < 4.78 is 28.2. The van der Waals surface area contributed by atoms with Gasteiger partial charge in [-0.05, 0) is 29.3 Å². The predicted octanol–water partition coefficient (Wildman–Crippen LogP) is 4.20. The highest BCUT2D eigenvalue weighted by atomic mass is 35.7. The van der Waals surface area contributed by atoms with E-state index in [1.165, 1.54) is 0 Å². The Balaban J connectivity index is 2.04. The van der Waals surface area contributed by atoms with E-state index in [1.807, 2.05) is 49.4 Å². The molecule has 114 valence electrons. The fourth-order valence-corrected chi connectivity index (χ4v) is 3.74. The highest BCUT2D eigenvalue weighted by molar-refractivity contribution is 8.13. The molecule has 21 heavy (non-hydrogen) atoms. The van der Waals surface area contributed by atoms with Crippen LogP contribution in [0, 0.1) is 5.92 Å². The topological polar surface area (TPSA) is 43.4 Å². The van der Waals surface area contributed by atoms with Gasteiger partial charge >= 0.3 is 0 Å². The zero-order valence-electron chi connectivity index (χ0n) is 12.0. The van der Waals surface area contributed by atoms with Gasteiger partial charge in [-0.25, -0.2) is 8.42 Å². The van der Waals surface area contributed by atoms with Crippen molar-refractivity contribution in [2.75, 3.05) is 12.4 Å². The Bertz CT molecular complexity index is 697. The first-order valence-electron chi connectivity index (χ1n) is 7.02. The molecule has 0 aromatic heterocycles. The maximum Gasteiger partial charge on any atom is 0.232 e. The number of fused-ring (bicyclic) bond motifs is 1. The van der Waals surface area contributed by atoms with Crippen LogP contribution >= 0.6 is 10.7 Å². The van der Waals surface area contributed by atoms with Gasteiger partial charge in [0.2, 0.25) is 9.05 Å². The van der Waals surface area contributed by atoms with Crippen LogP contribution in [-0.2, 0) is 9.05 Å². The van der Waals surface area contributed by atoms with E-state index in [2.05, 4.69) is 0 Å². The summed E-state index contributed by atoms with van der Waals surface area (Å²) in [4.78, 5) is 0. The van der Waals surface area contributed by atoms with E-state index in [-0.39, 0.29) is 11.7 Å². The van der Waals surface area contributed by atoms with Crippen LogP contribution in [0.2, 0.25) is 0 Å². The molecule has 0 amide bonds. The molecule has 1 unspecified atom stereocenters. The van der Waals surface area contributed by atoms with Crippen molar-refractivity contribution in [3.63, 3.8) is 0 Å². The molecule has 0 radical (unpaired) electrons. The third-order valence-electron chi connectivity index (χ3n) is 3.34. The second-order valence-electron chi connectivity index (χ2n) is 5.18. The molecular formula is C16H19ClO3S. The number of ether oxygens (including phenoxy) is 1. The summed E-state index contributed by atoms with van der Waals surface area (Å²) in [5.41, 5.74) is 0. The van der Waals surface area contributed by atoms with E-state index in [4.69, 9.17) is 15.4 Å².